The topological polar surface area (TPSA) is 48.0 Å². The lowest BCUT2D eigenvalue weighted by Crippen LogP contribution is -2.40. The molecule has 0 radical (unpaired) electrons. The molecule has 0 aromatic heterocycles. The maximum absolute atomic E-state index is 14.5. The number of methoxy groups -OCH3 is 2. The summed E-state index contributed by atoms with van der Waals surface area (Å²) in [6.45, 7) is 2.41. The quantitative estimate of drug-likeness (QED) is 0.451. The first kappa shape index (κ1) is 25.8. The molecule has 33 heavy (non-hydrogen) atoms. The molecule has 1 aliphatic heterocycles. The highest BCUT2D eigenvalue weighted by molar-refractivity contribution is 6.34. The van der Waals surface area contributed by atoms with Gasteiger partial charge in [0, 0.05) is 43.4 Å². The Labute approximate surface area is 204 Å². The molecule has 1 saturated heterocycles. The van der Waals surface area contributed by atoms with Crippen LogP contribution in [0, 0.1) is 5.82 Å². The SMILES string of the molecule is COC.COC(=O)c1cc(C2CC2)c(OC2CCCN(Cc3cc(Cl)cc(Cl)c3)C2)cc1F. The van der Waals surface area contributed by atoms with Crippen LogP contribution >= 0.6 is 23.2 Å². The van der Waals surface area contributed by atoms with Crippen molar-refractivity contribution in [2.75, 3.05) is 34.4 Å². The van der Waals surface area contributed by atoms with Crippen molar-refractivity contribution < 1.29 is 23.4 Å². The van der Waals surface area contributed by atoms with Crippen molar-refractivity contribution in [3.8, 4) is 5.75 Å². The Hall–Kier alpha value is -1.86. The summed E-state index contributed by atoms with van der Waals surface area (Å²) in [7, 11) is 4.51. The normalized spacial score (nSPS) is 18.3. The van der Waals surface area contributed by atoms with E-state index in [4.69, 9.17) is 32.7 Å². The molecule has 4 rings (SSSR count). The number of halogens is 3. The summed E-state index contributed by atoms with van der Waals surface area (Å²) in [6, 6.07) is 8.51. The fraction of sp³-hybridized carbons (Fsp3) is 0.480. The molecule has 1 saturated carbocycles. The smallest absolute Gasteiger partial charge is 0.340 e. The van der Waals surface area contributed by atoms with Crippen LogP contribution in [0.3, 0.4) is 0 Å². The van der Waals surface area contributed by atoms with Gasteiger partial charge >= 0.3 is 5.97 Å². The van der Waals surface area contributed by atoms with Gasteiger partial charge in [0.1, 0.15) is 17.7 Å². The fourth-order valence-corrected chi connectivity index (χ4v) is 4.62. The Bertz CT molecular complexity index is 947. The summed E-state index contributed by atoms with van der Waals surface area (Å²) in [5.41, 5.74) is 1.92. The van der Waals surface area contributed by atoms with Crippen molar-refractivity contribution in [1.29, 1.82) is 0 Å². The van der Waals surface area contributed by atoms with Crippen molar-refractivity contribution in [1.82, 2.24) is 4.90 Å². The zero-order chi connectivity index (χ0) is 24.0. The number of piperidine rings is 1. The molecule has 1 unspecified atom stereocenters. The van der Waals surface area contributed by atoms with Crippen LogP contribution in [0.4, 0.5) is 4.39 Å². The second kappa shape index (κ2) is 12.0. The maximum Gasteiger partial charge on any atom is 0.340 e. The van der Waals surface area contributed by atoms with E-state index in [2.05, 4.69) is 9.64 Å². The van der Waals surface area contributed by atoms with Crippen molar-refractivity contribution in [3.63, 3.8) is 0 Å². The van der Waals surface area contributed by atoms with Gasteiger partial charge < -0.3 is 14.2 Å². The van der Waals surface area contributed by atoms with E-state index >= 15 is 0 Å². The minimum atomic E-state index is -0.662. The second-order valence-corrected chi connectivity index (χ2v) is 9.31. The lowest BCUT2D eigenvalue weighted by Gasteiger charge is -2.33. The van der Waals surface area contributed by atoms with E-state index in [0.717, 1.165) is 56.4 Å². The van der Waals surface area contributed by atoms with Crippen LogP contribution in [0.5, 0.6) is 5.75 Å². The first-order valence-corrected chi connectivity index (χ1v) is 11.8. The molecular formula is C25H30Cl2FNO4. The van der Waals surface area contributed by atoms with Gasteiger partial charge in [0.2, 0.25) is 0 Å². The zero-order valence-electron chi connectivity index (χ0n) is 19.2. The van der Waals surface area contributed by atoms with E-state index < -0.39 is 11.8 Å². The Kier molecular flexibility index (Phi) is 9.38. The second-order valence-electron chi connectivity index (χ2n) is 8.44. The van der Waals surface area contributed by atoms with Gasteiger partial charge in [-0.2, -0.15) is 0 Å². The summed E-state index contributed by atoms with van der Waals surface area (Å²) in [5.74, 6) is -0.412. The van der Waals surface area contributed by atoms with Gasteiger partial charge in [-0.3, -0.25) is 4.90 Å². The molecule has 0 amide bonds. The number of likely N-dealkylation sites (tertiary alicyclic amines) is 1. The van der Waals surface area contributed by atoms with Crippen LogP contribution in [0.2, 0.25) is 10.0 Å². The predicted octanol–water partition coefficient (Wildman–Crippen LogP) is 6.10. The highest BCUT2D eigenvalue weighted by Gasteiger charge is 2.31. The van der Waals surface area contributed by atoms with Gasteiger partial charge in [0.05, 0.1) is 12.7 Å². The average Bonchev–Trinajstić information content (AvgIpc) is 3.59. The van der Waals surface area contributed by atoms with Crippen LogP contribution in [-0.2, 0) is 16.0 Å². The first-order valence-electron chi connectivity index (χ1n) is 11.0. The minimum absolute atomic E-state index is 0.0325. The van der Waals surface area contributed by atoms with Crippen LogP contribution in [0.15, 0.2) is 30.3 Å². The lowest BCUT2D eigenvalue weighted by atomic mass is 10.0. The Balaban J connectivity index is 0.000000968. The van der Waals surface area contributed by atoms with E-state index in [1.165, 1.54) is 13.2 Å². The number of hydrogen-bond donors (Lipinski definition) is 0. The fourth-order valence-electron chi connectivity index (χ4n) is 4.05. The molecule has 2 aliphatic rings. The van der Waals surface area contributed by atoms with Crippen LogP contribution in [0.1, 0.15) is 53.1 Å². The third kappa shape index (κ3) is 7.31. The summed E-state index contributed by atoms with van der Waals surface area (Å²) < 4.78 is 29.7. The van der Waals surface area contributed by atoms with Gasteiger partial charge in [-0.1, -0.05) is 23.2 Å². The number of hydrogen-bond acceptors (Lipinski definition) is 5. The molecule has 0 N–H and O–H groups in total. The number of esters is 1. The summed E-state index contributed by atoms with van der Waals surface area (Å²) in [6.07, 6.45) is 3.89. The highest BCUT2D eigenvalue weighted by atomic mass is 35.5. The van der Waals surface area contributed by atoms with Crippen molar-refractivity contribution in [2.45, 2.75) is 44.2 Å². The molecule has 5 nitrogen and oxygen atoms in total. The van der Waals surface area contributed by atoms with E-state index in [-0.39, 0.29) is 11.7 Å². The van der Waals surface area contributed by atoms with Crippen LogP contribution in [-0.4, -0.2) is 51.4 Å². The Morgan fingerprint density at radius 2 is 1.73 bits per heavy atom. The third-order valence-electron chi connectivity index (χ3n) is 5.61. The first-order chi connectivity index (χ1) is 15.8. The monoisotopic (exact) mass is 497 g/mol. The van der Waals surface area contributed by atoms with E-state index in [1.807, 2.05) is 12.1 Å². The van der Waals surface area contributed by atoms with Gasteiger partial charge in [0.15, 0.2) is 0 Å². The maximum atomic E-state index is 14.5. The molecule has 1 heterocycles. The van der Waals surface area contributed by atoms with E-state index in [0.29, 0.717) is 21.7 Å². The minimum Gasteiger partial charge on any atom is -0.489 e. The molecule has 2 aromatic rings. The molecule has 8 heteroatoms. The zero-order valence-corrected chi connectivity index (χ0v) is 20.7. The summed E-state index contributed by atoms with van der Waals surface area (Å²) in [5, 5.41) is 1.25. The molecule has 2 aromatic carbocycles. The van der Waals surface area contributed by atoms with Gasteiger partial charge in [-0.05, 0) is 73.5 Å². The Morgan fingerprint density at radius 3 is 2.33 bits per heavy atom. The standard InChI is InChI=1S/C23H24Cl2FNO3.C2H6O/c1-29-23(28)20-10-19(15-4-5-15)22(11-21(20)26)30-18-3-2-6-27(13-18)12-14-7-16(24)9-17(25)8-14;1-3-2/h7-11,15,18H,2-6,12-13H2,1H3;1-2H3. The number of carbonyl (C=O) groups is 1. The van der Waals surface area contributed by atoms with Crippen LogP contribution < -0.4 is 4.74 Å². The van der Waals surface area contributed by atoms with Crippen molar-refractivity contribution >= 4 is 29.2 Å². The average molecular weight is 498 g/mol. The van der Waals surface area contributed by atoms with E-state index in [1.54, 1.807) is 26.4 Å². The molecule has 0 bridgehead atoms. The number of nitrogens with zero attached hydrogens (tertiary/aromatic N) is 1. The number of rotatable bonds is 6. The predicted molar refractivity (Wildman–Crippen MR) is 128 cm³/mol. The third-order valence-corrected chi connectivity index (χ3v) is 6.04. The van der Waals surface area contributed by atoms with Gasteiger partial charge in [-0.15, -0.1) is 0 Å². The van der Waals surface area contributed by atoms with Crippen molar-refractivity contribution in [2.24, 2.45) is 0 Å². The number of ether oxygens (including phenoxy) is 3. The lowest BCUT2D eigenvalue weighted by molar-refractivity contribution is 0.0594. The summed E-state index contributed by atoms with van der Waals surface area (Å²) >= 11 is 12.2. The molecule has 0 spiro atoms. The number of carbonyl (C=O) groups excluding carboxylic acids is 1. The largest absolute Gasteiger partial charge is 0.489 e. The molecule has 1 aliphatic carbocycles. The summed E-state index contributed by atoms with van der Waals surface area (Å²) in [4.78, 5) is 14.2. The van der Waals surface area contributed by atoms with E-state index in [9.17, 15) is 9.18 Å². The molecule has 2 fully saturated rings. The van der Waals surface area contributed by atoms with Gasteiger partial charge in [0.25, 0.3) is 0 Å². The molecule has 1 atom stereocenters. The van der Waals surface area contributed by atoms with Crippen molar-refractivity contribution in [3.05, 3.63) is 62.9 Å². The van der Waals surface area contributed by atoms with Crippen LogP contribution in [0.25, 0.3) is 0 Å². The van der Waals surface area contributed by atoms with Gasteiger partial charge in [-0.25, -0.2) is 9.18 Å². The molecule has 180 valence electrons. The molecular weight excluding hydrogens is 468 g/mol. The number of benzene rings is 2. The highest BCUT2D eigenvalue weighted by Crippen LogP contribution is 2.45. The Morgan fingerprint density at radius 1 is 1.06 bits per heavy atom.